The molecule has 0 bridgehead atoms. The molecule has 19 heavy (non-hydrogen) atoms. The van der Waals surface area contributed by atoms with Crippen LogP contribution in [-0.2, 0) is 0 Å². The highest BCUT2D eigenvalue weighted by atomic mass is 35.5. The fraction of sp³-hybridized carbons (Fsp3) is 0.583. The minimum atomic E-state index is -2.63. The van der Waals surface area contributed by atoms with Crippen molar-refractivity contribution in [3.05, 3.63) is 23.4 Å². The van der Waals surface area contributed by atoms with Crippen LogP contribution in [0.3, 0.4) is 0 Å². The minimum absolute atomic E-state index is 0.0293. The molecule has 2 heterocycles. The number of hydrogen-bond acceptors (Lipinski definition) is 3. The lowest BCUT2D eigenvalue weighted by Gasteiger charge is -2.32. The number of fused-ring (bicyclic) bond motifs is 1. The molecule has 2 aromatic rings. The molecular weight excluding hydrogens is 274 g/mol. The van der Waals surface area contributed by atoms with E-state index in [0.717, 1.165) is 0 Å². The van der Waals surface area contributed by atoms with Crippen LogP contribution in [0.2, 0.25) is 5.15 Å². The van der Waals surface area contributed by atoms with Crippen molar-refractivity contribution in [2.45, 2.75) is 38.0 Å². The van der Waals surface area contributed by atoms with Crippen molar-refractivity contribution in [1.29, 1.82) is 0 Å². The van der Waals surface area contributed by atoms with Crippen LogP contribution >= 0.6 is 11.6 Å². The van der Waals surface area contributed by atoms with E-state index in [0.29, 0.717) is 17.9 Å². The Labute approximate surface area is 113 Å². The lowest BCUT2D eigenvalue weighted by Crippen LogP contribution is -2.30. The van der Waals surface area contributed by atoms with E-state index in [-0.39, 0.29) is 29.8 Å². The molecule has 4 nitrogen and oxygen atoms in total. The van der Waals surface area contributed by atoms with Crippen LogP contribution in [0.5, 0.6) is 0 Å². The van der Waals surface area contributed by atoms with Gasteiger partial charge >= 0.3 is 0 Å². The second-order valence-corrected chi connectivity index (χ2v) is 5.63. The Kier molecular flexibility index (Phi) is 2.92. The Morgan fingerprint density at radius 1 is 1.37 bits per heavy atom. The number of alkyl halides is 2. The Morgan fingerprint density at radius 3 is 2.89 bits per heavy atom. The maximum Gasteiger partial charge on any atom is 0.249 e. The first-order chi connectivity index (χ1) is 8.96. The van der Waals surface area contributed by atoms with E-state index >= 15 is 0 Å². The lowest BCUT2D eigenvalue weighted by atomic mass is 9.79. The first kappa shape index (κ1) is 12.7. The third kappa shape index (κ3) is 2.29. The molecule has 1 saturated carbocycles. The van der Waals surface area contributed by atoms with Gasteiger partial charge in [0.1, 0.15) is 5.82 Å². The van der Waals surface area contributed by atoms with Gasteiger partial charge in [-0.2, -0.15) is 0 Å². The zero-order valence-corrected chi connectivity index (χ0v) is 11.1. The van der Waals surface area contributed by atoms with E-state index in [2.05, 4.69) is 15.2 Å². The van der Waals surface area contributed by atoms with Gasteiger partial charge in [0.15, 0.2) is 10.8 Å². The minimum Gasteiger partial charge on any atom is -0.282 e. The van der Waals surface area contributed by atoms with E-state index in [1.54, 1.807) is 10.6 Å². The summed E-state index contributed by atoms with van der Waals surface area (Å²) in [5.74, 6) is -2.42. The average molecular weight is 287 g/mol. The van der Waals surface area contributed by atoms with Gasteiger partial charge in [0.25, 0.3) is 0 Å². The predicted octanol–water partition coefficient (Wildman–Crippen LogP) is 3.32. The van der Waals surface area contributed by atoms with Gasteiger partial charge in [-0.15, -0.1) is 10.2 Å². The molecule has 0 radical (unpaired) electrons. The summed E-state index contributed by atoms with van der Waals surface area (Å²) >= 11 is 5.91. The van der Waals surface area contributed by atoms with E-state index in [9.17, 15) is 8.78 Å². The van der Waals surface area contributed by atoms with Gasteiger partial charge < -0.3 is 0 Å². The molecule has 0 aliphatic heterocycles. The summed E-state index contributed by atoms with van der Waals surface area (Å²) in [7, 11) is 0. The van der Waals surface area contributed by atoms with Crippen molar-refractivity contribution in [1.82, 2.24) is 19.6 Å². The highest BCUT2D eigenvalue weighted by Gasteiger charge is 2.41. The molecule has 1 aliphatic carbocycles. The first-order valence-electron chi connectivity index (χ1n) is 6.19. The van der Waals surface area contributed by atoms with Crippen molar-refractivity contribution in [3.8, 4) is 0 Å². The van der Waals surface area contributed by atoms with Crippen LogP contribution in [0.15, 0.2) is 12.4 Å². The Balaban J connectivity index is 2.02. The van der Waals surface area contributed by atoms with Crippen molar-refractivity contribution < 1.29 is 8.78 Å². The third-order valence-corrected chi connectivity index (χ3v) is 3.82. The lowest BCUT2D eigenvalue weighted by molar-refractivity contribution is -0.0580. The van der Waals surface area contributed by atoms with Crippen LogP contribution < -0.4 is 0 Å². The summed E-state index contributed by atoms with van der Waals surface area (Å²) in [6.07, 6.45) is 3.64. The van der Waals surface area contributed by atoms with Crippen LogP contribution in [-0.4, -0.2) is 25.5 Å². The van der Waals surface area contributed by atoms with Gasteiger partial charge in [-0.05, 0) is 12.3 Å². The van der Waals surface area contributed by atoms with Gasteiger partial charge in [-0.25, -0.2) is 13.8 Å². The van der Waals surface area contributed by atoms with Gasteiger partial charge in [0.2, 0.25) is 5.92 Å². The molecule has 7 heteroatoms. The highest BCUT2D eigenvalue weighted by molar-refractivity contribution is 6.32. The SMILES string of the molecule is CC1CC(c2nnc3c(Cl)nccn23)CC(F)(F)C1. The maximum absolute atomic E-state index is 13.7. The monoisotopic (exact) mass is 286 g/mol. The molecule has 0 saturated heterocycles. The Morgan fingerprint density at radius 2 is 2.16 bits per heavy atom. The van der Waals surface area contributed by atoms with Gasteiger partial charge in [0.05, 0.1) is 0 Å². The number of halogens is 3. The normalized spacial score (nSPS) is 26.7. The number of aromatic nitrogens is 4. The number of rotatable bonds is 1. The molecule has 2 atom stereocenters. The molecule has 2 aromatic heterocycles. The van der Waals surface area contributed by atoms with Gasteiger partial charge in [-0.3, -0.25) is 4.40 Å². The molecule has 0 aromatic carbocycles. The maximum atomic E-state index is 13.7. The first-order valence-corrected chi connectivity index (χ1v) is 6.57. The standard InChI is InChI=1S/C12H13ClF2N4/c1-7-4-8(6-12(14,15)5-7)10-17-18-11-9(13)16-2-3-19(10)11/h2-3,7-8H,4-6H2,1H3. The molecule has 3 rings (SSSR count). The Hall–Kier alpha value is -1.30. The number of nitrogens with zero attached hydrogens (tertiary/aromatic N) is 4. The summed E-state index contributed by atoms with van der Waals surface area (Å²) in [5, 5.41) is 8.21. The summed E-state index contributed by atoms with van der Waals surface area (Å²) in [5.41, 5.74) is 0.417. The van der Waals surface area contributed by atoms with E-state index in [1.165, 1.54) is 6.20 Å². The molecular formula is C12H13ClF2N4. The molecule has 2 unspecified atom stereocenters. The van der Waals surface area contributed by atoms with Crippen molar-refractivity contribution in [3.63, 3.8) is 0 Å². The Bertz CT molecular complexity index is 613. The second-order valence-electron chi connectivity index (χ2n) is 5.27. The van der Waals surface area contributed by atoms with Crippen LogP contribution in [0, 0.1) is 5.92 Å². The van der Waals surface area contributed by atoms with Crippen molar-refractivity contribution in [2.75, 3.05) is 0 Å². The van der Waals surface area contributed by atoms with E-state index in [4.69, 9.17) is 11.6 Å². The topological polar surface area (TPSA) is 43.1 Å². The fourth-order valence-electron chi connectivity index (χ4n) is 2.90. The highest BCUT2D eigenvalue weighted by Crippen LogP contribution is 2.43. The molecule has 0 N–H and O–H groups in total. The number of hydrogen-bond donors (Lipinski definition) is 0. The fourth-order valence-corrected chi connectivity index (χ4v) is 3.08. The molecule has 1 fully saturated rings. The molecule has 0 amide bonds. The molecule has 0 spiro atoms. The zero-order chi connectivity index (χ0) is 13.6. The van der Waals surface area contributed by atoms with E-state index < -0.39 is 5.92 Å². The summed E-state index contributed by atoms with van der Waals surface area (Å²) in [4.78, 5) is 3.90. The van der Waals surface area contributed by atoms with Gasteiger partial charge in [0, 0.05) is 31.2 Å². The van der Waals surface area contributed by atoms with Crippen molar-refractivity contribution >= 4 is 17.2 Å². The molecule has 102 valence electrons. The van der Waals surface area contributed by atoms with Crippen molar-refractivity contribution in [2.24, 2.45) is 5.92 Å². The van der Waals surface area contributed by atoms with Crippen LogP contribution in [0.4, 0.5) is 8.78 Å². The largest absolute Gasteiger partial charge is 0.282 e. The second kappa shape index (κ2) is 4.37. The van der Waals surface area contributed by atoms with Crippen LogP contribution in [0.1, 0.15) is 37.9 Å². The molecule has 1 aliphatic rings. The zero-order valence-electron chi connectivity index (χ0n) is 10.4. The smallest absolute Gasteiger partial charge is 0.249 e. The summed E-state index contributed by atoms with van der Waals surface area (Å²) in [6, 6.07) is 0. The van der Waals surface area contributed by atoms with Gasteiger partial charge in [-0.1, -0.05) is 18.5 Å². The third-order valence-electron chi connectivity index (χ3n) is 3.55. The predicted molar refractivity (Wildman–Crippen MR) is 66.5 cm³/mol. The van der Waals surface area contributed by atoms with Crippen LogP contribution in [0.25, 0.3) is 5.65 Å². The van der Waals surface area contributed by atoms with E-state index in [1.807, 2.05) is 6.92 Å². The summed E-state index contributed by atoms with van der Waals surface area (Å²) < 4.78 is 29.0. The average Bonchev–Trinajstić information content (AvgIpc) is 2.71. The quantitative estimate of drug-likeness (QED) is 0.808. The summed E-state index contributed by atoms with van der Waals surface area (Å²) in [6.45, 7) is 1.85.